The number of benzene rings is 2. The number of hydrogen-bond acceptors (Lipinski definition) is 3. The summed E-state index contributed by atoms with van der Waals surface area (Å²) in [7, 11) is 4.01. The number of nitrogens with zero attached hydrogens (tertiary/aromatic N) is 1. The van der Waals surface area contributed by atoms with Gasteiger partial charge in [0.05, 0.1) is 7.11 Å². The highest BCUT2D eigenvalue weighted by atomic mass is 16.5. The van der Waals surface area contributed by atoms with E-state index >= 15 is 0 Å². The Kier molecular flexibility index (Phi) is 6.13. The van der Waals surface area contributed by atoms with Gasteiger partial charge in [-0.1, -0.05) is 37.8 Å². The molecule has 0 aromatic heterocycles. The summed E-state index contributed by atoms with van der Waals surface area (Å²) < 4.78 is 5.89. The number of rotatable bonds is 5. The Bertz CT molecular complexity index is 1100. The van der Waals surface area contributed by atoms with Crippen LogP contribution in [0.5, 0.6) is 5.75 Å². The van der Waals surface area contributed by atoms with Crippen LogP contribution in [0, 0.1) is 11.8 Å². The Balaban J connectivity index is 1.66. The van der Waals surface area contributed by atoms with Gasteiger partial charge in [-0.3, -0.25) is 4.90 Å². The van der Waals surface area contributed by atoms with Crippen LogP contribution >= 0.6 is 0 Å². The summed E-state index contributed by atoms with van der Waals surface area (Å²) in [4.78, 5) is 13.2. The third-order valence-corrected chi connectivity index (χ3v) is 6.76. The molecule has 1 atom stereocenters. The van der Waals surface area contributed by atoms with Crippen molar-refractivity contribution in [2.75, 3.05) is 14.2 Å². The van der Waals surface area contributed by atoms with Gasteiger partial charge < -0.3 is 9.84 Å². The first-order chi connectivity index (χ1) is 15.3. The van der Waals surface area contributed by atoms with Gasteiger partial charge in [-0.2, -0.15) is 0 Å². The average molecular weight is 430 g/mol. The molecule has 1 saturated carbocycles. The van der Waals surface area contributed by atoms with Crippen LogP contribution in [0.4, 0.5) is 0 Å². The number of fused-ring (bicyclic) bond motifs is 1. The summed E-state index contributed by atoms with van der Waals surface area (Å²) >= 11 is 0. The fraction of sp³-hybridized carbons (Fsp3) is 0.393. The van der Waals surface area contributed by atoms with Crippen molar-refractivity contribution in [1.29, 1.82) is 0 Å². The Labute approximate surface area is 190 Å². The lowest BCUT2D eigenvalue weighted by Gasteiger charge is -2.41. The first-order valence-electron chi connectivity index (χ1n) is 11.3. The number of carbonyl (C=O) groups is 1. The van der Waals surface area contributed by atoms with Crippen molar-refractivity contribution in [1.82, 2.24) is 4.90 Å². The fourth-order valence-corrected chi connectivity index (χ4v) is 4.68. The highest BCUT2D eigenvalue weighted by Crippen LogP contribution is 2.49. The zero-order valence-electron chi connectivity index (χ0n) is 19.3. The molecule has 4 heteroatoms. The molecule has 1 N–H and O–H groups in total. The molecule has 0 amide bonds. The molecule has 2 aromatic rings. The average Bonchev–Trinajstić information content (AvgIpc) is 3.62. The van der Waals surface area contributed by atoms with Crippen molar-refractivity contribution >= 4 is 12.0 Å². The summed E-state index contributed by atoms with van der Waals surface area (Å²) in [6.45, 7) is 4.64. The molecule has 2 aliphatic rings. The van der Waals surface area contributed by atoms with E-state index in [9.17, 15) is 4.79 Å². The molecule has 166 valence electrons. The maximum Gasteiger partial charge on any atom is 0.328 e. The number of carboxylic acids is 1. The molecule has 1 unspecified atom stereocenters. The van der Waals surface area contributed by atoms with Crippen molar-refractivity contribution in [3.63, 3.8) is 0 Å². The Hall–Kier alpha value is -3.03. The molecule has 4 rings (SSSR count). The molecule has 0 spiro atoms. The van der Waals surface area contributed by atoms with Crippen LogP contribution in [-0.2, 0) is 10.2 Å². The lowest BCUT2D eigenvalue weighted by molar-refractivity contribution is -0.131. The van der Waals surface area contributed by atoms with Crippen molar-refractivity contribution in [2.24, 2.45) is 0 Å². The monoisotopic (exact) mass is 429 g/mol. The van der Waals surface area contributed by atoms with E-state index in [2.05, 4.69) is 49.8 Å². The zero-order chi connectivity index (χ0) is 22.9. The minimum atomic E-state index is -0.955. The molecule has 32 heavy (non-hydrogen) atoms. The van der Waals surface area contributed by atoms with Crippen LogP contribution in [0.2, 0.25) is 0 Å². The molecular weight excluding hydrogens is 398 g/mol. The van der Waals surface area contributed by atoms with E-state index in [-0.39, 0.29) is 5.41 Å². The van der Waals surface area contributed by atoms with Gasteiger partial charge in [0.15, 0.2) is 0 Å². The molecule has 2 aromatic carbocycles. The summed E-state index contributed by atoms with van der Waals surface area (Å²) in [6.07, 6.45) is 7.59. The second-order valence-electron chi connectivity index (χ2n) is 9.52. The zero-order valence-corrected chi connectivity index (χ0v) is 19.3. The van der Waals surface area contributed by atoms with Crippen molar-refractivity contribution in [3.05, 3.63) is 70.3 Å². The van der Waals surface area contributed by atoms with Crippen LogP contribution in [0.25, 0.3) is 6.08 Å². The van der Waals surface area contributed by atoms with Gasteiger partial charge in [-0.15, -0.1) is 0 Å². The van der Waals surface area contributed by atoms with E-state index in [1.54, 1.807) is 13.2 Å². The third kappa shape index (κ3) is 4.74. The maximum absolute atomic E-state index is 10.7. The largest absolute Gasteiger partial charge is 0.496 e. The molecule has 0 aliphatic heterocycles. The predicted octanol–water partition coefficient (Wildman–Crippen LogP) is 5.40. The number of hydrogen-bond donors (Lipinski definition) is 1. The molecule has 4 nitrogen and oxygen atoms in total. The molecule has 1 fully saturated rings. The number of methoxy groups -OCH3 is 1. The summed E-state index contributed by atoms with van der Waals surface area (Å²) in [5.74, 6) is 6.54. The second-order valence-corrected chi connectivity index (χ2v) is 9.52. The van der Waals surface area contributed by atoms with Gasteiger partial charge in [0.25, 0.3) is 0 Å². The smallest absolute Gasteiger partial charge is 0.328 e. The van der Waals surface area contributed by atoms with Crippen LogP contribution in [0.15, 0.2) is 42.5 Å². The lowest BCUT2D eigenvalue weighted by atomic mass is 9.70. The minimum absolute atomic E-state index is 0.0827. The molecule has 0 saturated heterocycles. The van der Waals surface area contributed by atoms with Crippen molar-refractivity contribution < 1.29 is 14.6 Å². The van der Waals surface area contributed by atoms with E-state index < -0.39 is 5.97 Å². The van der Waals surface area contributed by atoms with Gasteiger partial charge >= 0.3 is 5.97 Å². The van der Waals surface area contributed by atoms with Crippen molar-refractivity contribution in [2.45, 2.75) is 57.0 Å². The Morgan fingerprint density at radius 1 is 1.12 bits per heavy atom. The van der Waals surface area contributed by atoms with E-state index in [0.29, 0.717) is 12.1 Å². The third-order valence-electron chi connectivity index (χ3n) is 6.76. The first kappa shape index (κ1) is 22.2. The van der Waals surface area contributed by atoms with Crippen LogP contribution in [0.1, 0.15) is 73.4 Å². The quantitative estimate of drug-likeness (QED) is 0.511. The molecule has 0 bridgehead atoms. The highest BCUT2D eigenvalue weighted by molar-refractivity contribution is 5.85. The minimum Gasteiger partial charge on any atom is -0.496 e. The Morgan fingerprint density at radius 3 is 2.44 bits per heavy atom. The SMILES string of the molecule is COc1cc(C#Cc2ccc(C=CC(=O)O)cc2)cc2c1C(N(C)C1CC1)CCC2(C)C. The van der Waals surface area contributed by atoms with E-state index in [0.717, 1.165) is 41.4 Å². The topological polar surface area (TPSA) is 49.8 Å². The lowest BCUT2D eigenvalue weighted by Crippen LogP contribution is -2.35. The molecule has 0 radical (unpaired) electrons. The predicted molar refractivity (Wildman–Crippen MR) is 128 cm³/mol. The number of ether oxygens (including phenoxy) is 1. The fourth-order valence-electron chi connectivity index (χ4n) is 4.68. The number of carboxylic acid groups (broad SMARTS) is 1. The van der Waals surface area contributed by atoms with Gasteiger partial charge in [0, 0.05) is 34.9 Å². The second kappa shape index (κ2) is 8.84. The standard InChI is InChI=1S/C28H31NO3/c1-28(2)16-15-24(29(3)22-12-13-22)27-23(28)17-21(18-25(27)32-4)10-9-19-5-7-20(8-6-19)11-14-26(30)31/h5-8,11,14,17-18,22,24H,12-13,15-16H2,1-4H3,(H,30,31). The van der Waals surface area contributed by atoms with Crippen molar-refractivity contribution in [3.8, 4) is 17.6 Å². The van der Waals surface area contributed by atoms with E-state index in [4.69, 9.17) is 9.84 Å². The summed E-state index contributed by atoms with van der Waals surface area (Å²) in [5.41, 5.74) is 5.44. The first-order valence-corrected chi connectivity index (χ1v) is 11.3. The van der Waals surface area contributed by atoms with E-state index in [1.165, 1.54) is 24.0 Å². The number of aliphatic carboxylic acids is 1. The van der Waals surface area contributed by atoms with Gasteiger partial charge in [-0.25, -0.2) is 4.79 Å². The van der Waals surface area contributed by atoms with Crippen LogP contribution in [-0.4, -0.2) is 36.2 Å². The van der Waals surface area contributed by atoms with E-state index in [1.807, 2.05) is 24.3 Å². The van der Waals surface area contributed by atoms with Gasteiger partial charge in [0.1, 0.15) is 5.75 Å². The summed E-state index contributed by atoms with van der Waals surface area (Å²) in [6, 6.07) is 13.0. The highest BCUT2D eigenvalue weighted by Gasteiger charge is 2.40. The van der Waals surface area contributed by atoms with Gasteiger partial charge in [0.2, 0.25) is 0 Å². The molecule has 0 heterocycles. The van der Waals surface area contributed by atoms with Crippen LogP contribution < -0.4 is 4.74 Å². The molecule has 2 aliphatic carbocycles. The Morgan fingerprint density at radius 2 is 1.81 bits per heavy atom. The van der Waals surface area contributed by atoms with Gasteiger partial charge in [-0.05, 0) is 79.6 Å². The normalized spacial score (nSPS) is 19.3. The van der Waals surface area contributed by atoms with Crippen LogP contribution in [0.3, 0.4) is 0 Å². The maximum atomic E-state index is 10.7. The summed E-state index contributed by atoms with van der Waals surface area (Å²) in [5, 5.41) is 8.76. The molecular formula is C28H31NO3.